The Morgan fingerprint density at radius 3 is 2.73 bits per heavy atom. The van der Waals surface area contributed by atoms with Crippen LogP contribution in [0, 0.1) is 5.82 Å². The Bertz CT molecular complexity index is 1150. The fourth-order valence-corrected chi connectivity index (χ4v) is 4.17. The van der Waals surface area contributed by atoms with Crippen LogP contribution in [0.5, 0.6) is 17.2 Å². The predicted molar refractivity (Wildman–Crippen MR) is 117 cm³/mol. The second-order valence-corrected chi connectivity index (χ2v) is 7.96. The minimum absolute atomic E-state index is 0.110. The van der Waals surface area contributed by atoms with Gasteiger partial charge in [0.25, 0.3) is 5.91 Å². The Kier molecular flexibility index (Phi) is 6.83. The Morgan fingerprint density at radius 2 is 2.03 bits per heavy atom. The van der Waals surface area contributed by atoms with Crippen LogP contribution in [0.4, 0.5) is 13.2 Å². The number of hydrogen-bond acceptors (Lipinski definition) is 6. The van der Waals surface area contributed by atoms with E-state index in [1.165, 1.54) is 47.7 Å². The Morgan fingerprint density at radius 1 is 1.18 bits per heavy atom. The predicted octanol–water partition coefficient (Wildman–Crippen LogP) is 5.25. The molecule has 0 saturated carbocycles. The lowest BCUT2D eigenvalue weighted by atomic mass is 10.0. The van der Waals surface area contributed by atoms with Crippen molar-refractivity contribution in [1.29, 1.82) is 0 Å². The molecule has 1 aliphatic heterocycles. The van der Waals surface area contributed by atoms with E-state index in [1.54, 1.807) is 18.2 Å². The summed E-state index contributed by atoms with van der Waals surface area (Å²) in [5, 5.41) is 7.72. The molecule has 1 atom stereocenters. The van der Waals surface area contributed by atoms with Gasteiger partial charge in [-0.15, -0.1) is 11.3 Å². The van der Waals surface area contributed by atoms with Crippen molar-refractivity contribution in [3.8, 4) is 17.2 Å². The number of thiophene rings is 1. The molecule has 0 aliphatic carbocycles. The minimum atomic E-state index is -3.00. The first-order valence-corrected chi connectivity index (χ1v) is 10.8. The van der Waals surface area contributed by atoms with E-state index in [9.17, 15) is 18.0 Å². The van der Waals surface area contributed by atoms with E-state index >= 15 is 0 Å². The van der Waals surface area contributed by atoms with Crippen LogP contribution in [0.3, 0.4) is 0 Å². The number of hydrogen-bond donors (Lipinski definition) is 0. The number of carbonyl (C=O) groups is 1. The van der Waals surface area contributed by atoms with Crippen molar-refractivity contribution >= 4 is 23.0 Å². The molecule has 3 aromatic rings. The van der Waals surface area contributed by atoms with E-state index in [-0.39, 0.29) is 23.9 Å². The van der Waals surface area contributed by atoms with Crippen molar-refractivity contribution in [2.45, 2.75) is 19.1 Å². The molecule has 1 amide bonds. The summed E-state index contributed by atoms with van der Waals surface area (Å²) in [6.07, 6.45) is 0.407. The second-order valence-electron chi connectivity index (χ2n) is 7.02. The molecule has 0 spiro atoms. The molecule has 1 aliphatic rings. The minimum Gasteiger partial charge on any atom is -0.493 e. The number of hydrazone groups is 1. The highest BCUT2D eigenvalue weighted by atomic mass is 32.1. The Balaban J connectivity index is 1.59. The third kappa shape index (κ3) is 5.28. The summed E-state index contributed by atoms with van der Waals surface area (Å²) in [6.45, 7) is -3.35. The van der Waals surface area contributed by atoms with Gasteiger partial charge in [-0.25, -0.2) is 9.40 Å². The fraction of sp³-hybridized carbons (Fsp3) is 0.217. The summed E-state index contributed by atoms with van der Waals surface area (Å²) in [4.78, 5) is 13.9. The third-order valence-electron chi connectivity index (χ3n) is 4.92. The molecule has 172 valence electrons. The maximum absolute atomic E-state index is 13.4. The zero-order chi connectivity index (χ0) is 23.4. The van der Waals surface area contributed by atoms with Crippen LogP contribution in [0.1, 0.15) is 22.9 Å². The first-order chi connectivity index (χ1) is 15.9. The normalized spacial score (nSPS) is 15.5. The maximum Gasteiger partial charge on any atom is 0.387 e. The summed E-state index contributed by atoms with van der Waals surface area (Å²) in [7, 11) is 1.34. The number of halogens is 3. The second kappa shape index (κ2) is 9.95. The summed E-state index contributed by atoms with van der Waals surface area (Å²) >= 11 is 1.49. The summed E-state index contributed by atoms with van der Waals surface area (Å²) in [5.74, 6) is -0.698. The molecule has 6 nitrogen and oxygen atoms in total. The fourth-order valence-electron chi connectivity index (χ4n) is 3.44. The smallest absolute Gasteiger partial charge is 0.387 e. The third-order valence-corrected chi connectivity index (χ3v) is 5.84. The number of ether oxygens (including phenoxy) is 3. The highest BCUT2D eigenvalue weighted by molar-refractivity contribution is 7.12. The van der Waals surface area contributed by atoms with Gasteiger partial charge in [0.05, 0.1) is 23.7 Å². The molecule has 1 aromatic heterocycles. The SMILES string of the molecule is COc1cc(C2CC(c3cccs3)=NN2C(=O)COc2cccc(F)c2)ccc1OC(F)F. The van der Waals surface area contributed by atoms with E-state index in [1.807, 2.05) is 17.5 Å². The van der Waals surface area contributed by atoms with Crippen molar-refractivity contribution in [3.63, 3.8) is 0 Å². The number of carbonyl (C=O) groups excluding carboxylic acids is 1. The molecule has 2 aromatic carbocycles. The zero-order valence-electron chi connectivity index (χ0n) is 17.4. The highest BCUT2D eigenvalue weighted by Gasteiger charge is 2.34. The van der Waals surface area contributed by atoms with Crippen molar-refractivity contribution in [3.05, 3.63) is 76.2 Å². The van der Waals surface area contributed by atoms with Crippen LogP contribution in [-0.2, 0) is 4.79 Å². The van der Waals surface area contributed by atoms with Gasteiger partial charge in [0, 0.05) is 12.5 Å². The van der Waals surface area contributed by atoms with Crippen LogP contribution in [0.25, 0.3) is 0 Å². The van der Waals surface area contributed by atoms with Crippen LogP contribution in [-0.4, -0.2) is 37.0 Å². The maximum atomic E-state index is 13.4. The molecule has 2 heterocycles. The van der Waals surface area contributed by atoms with Crippen molar-refractivity contribution in [2.24, 2.45) is 5.10 Å². The lowest BCUT2D eigenvalue weighted by Gasteiger charge is -2.23. The van der Waals surface area contributed by atoms with Gasteiger partial charge in [0.15, 0.2) is 18.1 Å². The van der Waals surface area contributed by atoms with Gasteiger partial charge < -0.3 is 14.2 Å². The quantitative estimate of drug-likeness (QED) is 0.445. The topological polar surface area (TPSA) is 60.4 Å². The molecular weight excluding hydrogens is 457 g/mol. The number of methoxy groups -OCH3 is 1. The first kappa shape index (κ1) is 22.7. The molecule has 4 rings (SSSR count). The van der Waals surface area contributed by atoms with Crippen molar-refractivity contribution in [2.75, 3.05) is 13.7 Å². The summed E-state index contributed by atoms with van der Waals surface area (Å²) in [5.41, 5.74) is 1.34. The lowest BCUT2D eigenvalue weighted by Crippen LogP contribution is -2.31. The molecule has 0 saturated heterocycles. The number of amides is 1. The van der Waals surface area contributed by atoms with E-state index in [0.29, 0.717) is 17.7 Å². The monoisotopic (exact) mass is 476 g/mol. The van der Waals surface area contributed by atoms with Crippen molar-refractivity contribution in [1.82, 2.24) is 5.01 Å². The summed E-state index contributed by atoms with van der Waals surface area (Å²) in [6, 6.07) is 13.3. The van der Waals surface area contributed by atoms with Gasteiger partial charge in [0.1, 0.15) is 11.6 Å². The molecule has 1 unspecified atom stereocenters. The number of benzene rings is 2. The highest BCUT2D eigenvalue weighted by Crippen LogP contribution is 2.38. The Labute approximate surface area is 191 Å². The van der Waals surface area contributed by atoms with Gasteiger partial charge in [-0.05, 0) is 41.3 Å². The van der Waals surface area contributed by atoms with E-state index in [2.05, 4.69) is 9.84 Å². The van der Waals surface area contributed by atoms with Gasteiger partial charge >= 0.3 is 6.61 Å². The molecule has 0 N–H and O–H groups in total. The average Bonchev–Trinajstić information content (AvgIpc) is 3.47. The number of rotatable bonds is 8. The first-order valence-electron chi connectivity index (χ1n) is 9.89. The van der Waals surface area contributed by atoms with Gasteiger partial charge in [-0.1, -0.05) is 18.2 Å². The van der Waals surface area contributed by atoms with Gasteiger partial charge in [-0.3, -0.25) is 4.79 Å². The molecule has 0 fully saturated rings. The van der Waals surface area contributed by atoms with E-state index in [0.717, 1.165) is 4.88 Å². The van der Waals surface area contributed by atoms with Crippen LogP contribution in [0.15, 0.2) is 65.1 Å². The number of alkyl halides is 2. The lowest BCUT2D eigenvalue weighted by molar-refractivity contribution is -0.135. The molecule has 33 heavy (non-hydrogen) atoms. The van der Waals surface area contributed by atoms with E-state index in [4.69, 9.17) is 9.47 Å². The average molecular weight is 476 g/mol. The standard InChI is InChI=1S/C23H19F3N2O4S/c1-30-20-10-14(7-8-19(20)32-23(25)26)18-12-17(21-6-3-9-33-21)27-28(18)22(29)13-31-16-5-2-4-15(24)11-16/h2-11,18,23H,12-13H2,1H3. The Hall–Kier alpha value is -3.53. The van der Waals surface area contributed by atoms with Crippen LogP contribution < -0.4 is 14.2 Å². The molecular formula is C23H19F3N2O4S. The van der Waals surface area contributed by atoms with Crippen molar-refractivity contribution < 1.29 is 32.2 Å². The largest absolute Gasteiger partial charge is 0.493 e. The molecule has 0 bridgehead atoms. The van der Waals surface area contributed by atoms with Crippen LogP contribution in [0.2, 0.25) is 0 Å². The zero-order valence-corrected chi connectivity index (χ0v) is 18.2. The molecule has 10 heteroatoms. The van der Waals surface area contributed by atoms with Crippen LogP contribution >= 0.6 is 11.3 Å². The number of nitrogens with zero attached hydrogens (tertiary/aromatic N) is 2. The van der Waals surface area contributed by atoms with Gasteiger partial charge in [-0.2, -0.15) is 13.9 Å². The van der Waals surface area contributed by atoms with E-state index < -0.39 is 24.4 Å². The molecule has 0 radical (unpaired) electrons. The van der Waals surface area contributed by atoms with Gasteiger partial charge in [0.2, 0.25) is 0 Å². The summed E-state index contributed by atoms with van der Waals surface area (Å²) < 4.78 is 53.9.